The summed E-state index contributed by atoms with van der Waals surface area (Å²) in [5.41, 5.74) is -0.616. The maximum Gasteiger partial charge on any atom is 0.416 e. The predicted octanol–water partition coefficient (Wildman–Crippen LogP) is 4.34. The predicted molar refractivity (Wildman–Crippen MR) is 70.0 cm³/mol. The topological polar surface area (TPSA) is 12.0 Å². The molecule has 0 radical (unpaired) electrons. The van der Waals surface area contributed by atoms with Crippen LogP contribution in [-0.4, -0.2) is 12.6 Å². The Morgan fingerprint density at radius 3 is 2.60 bits per heavy atom. The zero-order chi connectivity index (χ0) is 14.9. The number of nitrogens with one attached hydrogen (secondary N) is 1. The molecule has 2 atom stereocenters. The summed E-state index contributed by atoms with van der Waals surface area (Å²) in [5.74, 6) is -0.634. The van der Waals surface area contributed by atoms with Crippen LogP contribution in [-0.2, 0) is 6.18 Å². The Morgan fingerprint density at radius 2 is 2.00 bits per heavy atom. The van der Waals surface area contributed by atoms with E-state index in [-0.39, 0.29) is 17.5 Å². The van der Waals surface area contributed by atoms with Gasteiger partial charge in [-0.3, -0.25) is 0 Å². The van der Waals surface area contributed by atoms with Crippen LogP contribution in [0.25, 0.3) is 0 Å². The maximum atomic E-state index is 13.2. The number of benzene rings is 1. The third kappa shape index (κ3) is 3.32. The van der Waals surface area contributed by atoms with Crippen molar-refractivity contribution in [3.8, 4) is 0 Å². The van der Waals surface area contributed by atoms with Crippen LogP contribution < -0.4 is 5.32 Å². The zero-order valence-electron chi connectivity index (χ0n) is 11.6. The number of hydrogen-bond acceptors (Lipinski definition) is 1. The van der Waals surface area contributed by atoms with Gasteiger partial charge in [-0.2, -0.15) is 13.2 Å². The Morgan fingerprint density at radius 1 is 1.30 bits per heavy atom. The van der Waals surface area contributed by atoms with Gasteiger partial charge in [-0.15, -0.1) is 0 Å². The fourth-order valence-corrected chi connectivity index (χ4v) is 2.99. The Kier molecular flexibility index (Phi) is 4.37. The van der Waals surface area contributed by atoms with E-state index in [0.29, 0.717) is 24.9 Å². The first-order valence-electron chi connectivity index (χ1n) is 6.89. The lowest BCUT2D eigenvalue weighted by atomic mass is 9.85. The molecule has 1 heterocycles. The molecule has 0 aromatic heterocycles. The summed E-state index contributed by atoms with van der Waals surface area (Å²) < 4.78 is 52.4. The highest BCUT2D eigenvalue weighted by Crippen LogP contribution is 2.40. The van der Waals surface area contributed by atoms with E-state index in [2.05, 4.69) is 5.32 Å². The molecule has 1 aliphatic rings. The van der Waals surface area contributed by atoms with Crippen LogP contribution in [0.5, 0.6) is 0 Å². The molecule has 1 fully saturated rings. The monoisotopic (exact) mass is 289 g/mol. The third-order valence-corrected chi connectivity index (χ3v) is 3.79. The molecule has 1 aromatic rings. The molecule has 0 saturated carbocycles. The molecule has 5 heteroatoms. The minimum atomic E-state index is -4.51. The summed E-state index contributed by atoms with van der Waals surface area (Å²) >= 11 is 0. The van der Waals surface area contributed by atoms with Gasteiger partial charge in [0.2, 0.25) is 0 Å². The van der Waals surface area contributed by atoms with Gasteiger partial charge in [0.05, 0.1) is 5.56 Å². The number of rotatable bonds is 3. The van der Waals surface area contributed by atoms with E-state index in [4.69, 9.17) is 0 Å². The molecule has 0 spiro atoms. The lowest BCUT2D eigenvalue weighted by Gasteiger charge is -2.24. The van der Waals surface area contributed by atoms with Gasteiger partial charge in [-0.25, -0.2) is 4.39 Å². The highest BCUT2D eigenvalue weighted by Gasteiger charge is 2.38. The van der Waals surface area contributed by atoms with Crippen LogP contribution in [0, 0.1) is 11.7 Å². The SMILES string of the molecule is CC(C)CC1NCCC1c1ccc(F)cc1C(F)(F)F. The quantitative estimate of drug-likeness (QED) is 0.816. The molecule has 2 rings (SSSR count). The van der Waals surface area contributed by atoms with Crippen molar-refractivity contribution in [3.63, 3.8) is 0 Å². The van der Waals surface area contributed by atoms with E-state index in [1.54, 1.807) is 0 Å². The molecular weight excluding hydrogens is 270 g/mol. The van der Waals surface area contributed by atoms with E-state index in [0.717, 1.165) is 12.5 Å². The number of halogens is 4. The van der Waals surface area contributed by atoms with Gasteiger partial charge in [-0.05, 0) is 43.0 Å². The number of alkyl halides is 3. The summed E-state index contributed by atoms with van der Waals surface area (Å²) in [6.07, 6.45) is -3.03. The molecule has 1 aromatic carbocycles. The van der Waals surface area contributed by atoms with E-state index in [1.807, 2.05) is 13.8 Å². The van der Waals surface area contributed by atoms with E-state index in [1.165, 1.54) is 6.07 Å². The average Bonchev–Trinajstić information content (AvgIpc) is 2.75. The van der Waals surface area contributed by atoms with Gasteiger partial charge in [0.1, 0.15) is 5.82 Å². The van der Waals surface area contributed by atoms with Gasteiger partial charge in [-0.1, -0.05) is 19.9 Å². The first-order chi connectivity index (χ1) is 9.29. The Bertz CT molecular complexity index is 467. The summed E-state index contributed by atoms with van der Waals surface area (Å²) in [4.78, 5) is 0. The molecule has 0 amide bonds. The first-order valence-corrected chi connectivity index (χ1v) is 6.89. The second kappa shape index (κ2) is 5.72. The molecule has 1 aliphatic heterocycles. The third-order valence-electron chi connectivity index (χ3n) is 3.79. The minimum absolute atomic E-state index is 0.0292. The van der Waals surface area contributed by atoms with Crippen molar-refractivity contribution in [3.05, 3.63) is 35.1 Å². The van der Waals surface area contributed by atoms with Gasteiger partial charge in [0, 0.05) is 12.0 Å². The molecule has 1 saturated heterocycles. The maximum absolute atomic E-state index is 13.2. The second-order valence-electron chi connectivity index (χ2n) is 5.81. The molecule has 1 nitrogen and oxygen atoms in total. The smallest absolute Gasteiger partial charge is 0.313 e. The van der Waals surface area contributed by atoms with Crippen molar-refractivity contribution < 1.29 is 17.6 Å². The fourth-order valence-electron chi connectivity index (χ4n) is 2.99. The van der Waals surface area contributed by atoms with Gasteiger partial charge in [0.15, 0.2) is 0 Å². The normalized spacial score (nSPS) is 23.6. The summed E-state index contributed by atoms with van der Waals surface area (Å²) in [7, 11) is 0. The van der Waals surface area contributed by atoms with Crippen molar-refractivity contribution in [2.24, 2.45) is 5.92 Å². The summed E-state index contributed by atoms with van der Waals surface area (Å²) in [6.45, 7) is 4.80. The Hall–Kier alpha value is -1.10. The standard InChI is InChI=1S/C15H19F4N/c1-9(2)7-14-12(5-6-20-14)11-4-3-10(16)8-13(11)15(17,18)19/h3-4,8-9,12,14,20H,5-7H2,1-2H3. The highest BCUT2D eigenvalue weighted by molar-refractivity contribution is 5.35. The lowest BCUT2D eigenvalue weighted by molar-refractivity contribution is -0.138. The second-order valence-corrected chi connectivity index (χ2v) is 5.81. The van der Waals surface area contributed by atoms with E-state index < -0.39 is 17.6 Å². The average molecular weight is 289 g/mol. The Balaban J connectivity index is 2.36. The molecule has 112 valence electrons. The highest BCUT2D eigenvalue weighted by atomic mass is 19.4. The van der Waals surface area contributed by atoms with Crippen LogP contribution in [0.15, 0.2) is 18.2 Å². The largest absolute Gasteiger partial charge is 0.416 e. The van der Waals surface area contributed by atoms with Crippen LogP contribution >= 0.6 is 0 Å². The molecule has 20 heavy (non-hydrogen) atoms. The molecule has 2 unspecified atom stereocenters. The van der Waals surface area contributed by atoms with E-state index >= 15 is 0 Å². The van der Waals surface area contributed by atoms with Crippen molar-refractivity contribution >= 4 is 0 Å². The van der Waals surface area contributed by atoms with Crippen LogP contribution in [0.2, 0.25) is 0 Å². The first kappa shape index (κ1) is 15.3. The van der Waals surface area contributed by atoms with Crippen molar-refractivity contribution in [2.75, 3.05) is 6.54 Å². The minimum Gasteiger partial charge on any atom is -0.313 e. The van der Waals surface area contributed by atoms with Gasteiger partial charge in [0.25, 0.3) is 0 Å². The zero-order valence-corrected chi connectivity index (χ0v) is 11.6. The van der Waals surface area contributed by atoms with Crippen LogP contribution in [0.3, 0.4) is 0 Å². The fraction of sp³-hybridized carbons (Fsp3) is 0.600. The van der Waals surface area contributed by atoms with Gasteiger partial charge >= 0.3 is 6.18 Å². The Labute approximate surface area is 116 Å². The summed E-state index contributed by atoms with van der Waals surface area (Å²) in [6, 6.07) is 3.06. The van der Waals surface area contributed by atoms with Gasteiger partial charge < -0.3 is 5.32 Å². The van der Waals surface area contributed by atoms with Crippen LogP contribution in [0.4, 0.5) is 17.6 Å². The lowest BCUT2D eigenvalue weighted by Crippen LogP contribution is -2.28. The van der Waals surface area contributed by atoms with Crippen molar-refractivity contribution in [2.45, 2.75) is 44.8 Å². The van der Waals surface area contributed by atoms with Crippen molar-refractivity contribution in [1.82, 2.24) is 5.32 Å². The number of hydrogen-bond donors (Lipinski definition) is 1. The van der Waals surface area contributed by atoms with E-state index in [9.17, 15) is 17.6 Å². The summed E-state index contributed by atoms with van der Waals surface area (Å²) in [5, 5.41) is 3.27. The van der Waals surface area contributed by atoms with Crippen LogP contribution in [0.1, 0.15) is 43.7 Å². The molecule has 0 bridgehead atoms. The molecule has 1 N–H and O–H groups in total. The van der Waals surface area contributed by atoms with Crippen molar-refractivity contribution in [1.29, 1.82) is 0 Å². The molecule has 0 aliphatic carbocycles. The molecular formula is C15H19F4N.